The average Bonchev–Trinajstić information content (AvgIpc) is 2.43. The molecule has 0 heterocycles. The van der Waals surface area contributed by atoms with Crippen LogP contribution in [0.1, 0.15) is 85.0 Å². The lowest BCUT2D eigenvalue weighted by molar-refractivity contribution is -0.156. The van der Waals surface area contributed by atoms with Crippen LogP contribution in [0.4, 0.5) is 0 Å². The van der Waals surface area contributed by atoms with Gasteiger partial charge in [-0.2, -0.15) is 0 Å². The highest BCUT2D eigenvalue weighted by molar-refractivity contribution is 5.75. The van der Waals surface area contributed by atoms with E-state index in [-0.39, 0.29) is 12.6 Å². The van der Waals surface area contributed by atoms with Gasteiger partial charge in [0.25, 0.3) is 0 Å². The molecule has 0 radical (unpaired) electrons. The Kier molecular flexibility index (Phi) is 11.0. The number of hydrogen-bond acceptors (Lipinski definition) is 3. The Bertz CT molecular complexity index is 297. The van der Waals surface area contributed by atoms with E-state index in [1.165, 1.54) is 44.9 Å². The maximum absolute atomic E-state index is 11.5. The van der Waals surface area contributed by atoms with Gasteiger partial charge in [0.05, 0.1) is 5.41 Å². The molecule has 4 nitrogen and oxygen atoms in total. The molecule has 4 heteroatoms. The van der Waals surface area contributed by atoms with Crippen LogP contribution in [0.2, 0.25) is 0 Å². The summed E-state index contributed by atoms with van der Waals surface area (Å²) in [6, 6.07) is 0. The highest BCUT2D eigenvalue weighted by atomic mass is 16.5. The van der Waals surface area contributed by atoms with E-state index in [0.29, 0.717) is 6.42 Å². The predicted octanol–water partition coefficient (Wildman–Crippen LogP) is 4.56. The third kappa shape index (κ3) is 11.3. The first kappa shape index (κ1) is 19.9. The molecular formula is C17H32O4. The van der Waals surface area contributed by atoms with Crippen molar-refractivity contribution in [2.75, 3.05) is 6.61 Å². The van der Waals surface area contributed by atoms with Crippen LogP contribution in [-0.4, -0.2) is 23.7 Å². The van der Waals surface area contributed by atoms with Crippen LogP contribution < -0.4 is 0 Å². The number of rotatable bonds is 13. The van der Waals surface area contributed by atoms with E-state index in [1.807, 2.05) is 0 Å². The molecule has 0 aromatic carbocycles. The van der Waals surface area contributed by atoms with Crippen molar-refractivity contribution in [1.82, 2.24) is 0 Å². The number of esters is 1. The number of carbonyl (C=O) groups excluding carboxylic acids is 1. The molecular weight excluding hydrogens is 268 g/mol. The van der Waals surface area contributed by atoms with Crippen molar-refractivity contribution >= 4 is 11.9 Å². The minimum absolute atomic E-state index is 0.0569. The quantitative estimate of drug-likeness (QED) is 0.400. The molecule has 0 atom stereocenters. The lowest BCUT2D eigenvalue weighted by atomic mass is 9.95. The highest BCUT2D eigenvalue weighted by Gasteiger charge is 2.28. The Labute approximate surface area is 129 Å². The highest BCUT2D eigenvalue weighted by Crippen LogP contribution is 2.16. The van der Waals surface area contributed by atoms with Crippen LogP contribution in [-0.2, 0) is 14.3 Å². The summed E-state index contributed by atoms with van der Waals surface area (Å²) in [5.74, 6) is -1.23. The SMILES string of the molecule is CCCCCCCCCCCC(=O)OCC(C)(C)C(=O)O. The Hall–Kier alpha value is -1.06. The van der Waals surface area contributed by atoms with Gasteiger partial charge < -0.3 is 9.84 Å². The fourth-order valence-electron chi connectivity index (χ4n) is 1.97. The normalized spacial score (nSPS) is 11.4. The van der Waals surface area contributed by atoms with E-state index < -0.39 is 11.4 Å². The van der Waals surface area contributed by atoms with Crippen molar-refractivity contribution in [3.63, 3.8) is 0 Å². The second-order valence-electron chi connectivity index (χ2n) is 6.43. The number of ether oxygens (including phenoxy) is 1. The Balaban J connectivity index is 3.44. The van der Waals surface area contributed by atoms with Crippen LogP contribution in [0.5, 0.6) is 0 Å². The maximum atomic E-state index is 11.5. The third-order valence-corrected chi connectivity index (χ3v) is 3.66. The summed E-state index contributed by atoms with van der Waals surface area (Å²) in [5.41, 5.74) is -1.01. The first-order chi connectivity index (χ1) is 9.90. The summed E-state index contributed by atoms with van der Waals surface area (Å²) >= 11 is 0. The van der Waals surface area contributed by atoms with Crippen molar-refractivity contribution in [2.45, 2.75) is 85.0 Å². The van der Waals surface area contributed by atoms with Gasteiger partial charge in [0.15, 0.2) is 0 Å². The lowest BCUT2D eigenvalue weighted by Crippen LogP contribution is -2.30. The third-order valence-electron chi connectivity index (χ3n) is 3.66. The van der Waals surface area contributed by atoms with E-state index in [0.717, 1.165) is 12.8 Å². The van der Waals surface area contributed by atoms with E-state index in [9.17, 15) is 9.59 Å². The summed E-state index contributed by atoms with van der Waals surface area (Å²) in [6.07, 6.45) is 11.2. The number of hydrogen-bond donors (Lipinski definition) is 1. The maximum Gasteiger partial charge on any atom is 0.312 e. The fourth-order valence-corrected chi connectivity index (χ4v) is 1.97. The van der Waals surface area contributed by atoms with Gasteiger partial charge in [-0.1, -0.05) is 58.3 Å². The van der Waals surface area contributed by atoms with Crippen molar-refractivity contribution in [3.05, 3.63) is 0 Å². The fraction of sp³-hybridized carbons (Fsp3) is 0.882. The van der Waals surface area contributed by atoms with Crippen molar-refractivity contribution in [2.24, 2.45) is 5.41 Å². The molecule has 0 aliphatic rings. The number of carboxylic acids is 1. The zero-order chi connectivity index (χ0) is 16.1. The molecule has 0 aliphatic heterocycles. The monoisotopic (exact) mass is 300 g/mol. The van der Waals surface area contributed by atoms with Crippen LogP contribution in [0.3, 0.4) is 0 Å². The van der Waals surface area contributed by atoms with Crippen LogP contribution in [0, 0.1) is 5.41 Å². The summed E-state index contributed by atoms with van der Waals surface area (Å²) in [4.78, 5) is 22.4. The molecule has 0 unspecified atom stereocenters. The molecule has 0 bridgehead atoms. The molecule has 0 aromatic rings. The molecule has 21 heavy (non-hydrogen) atoms. The van der Waals surface area contributed by atoms with E-state index >= 15 is 0 Å². The minimum atomic E-state index is -1.01. The van der Waals surface area contributed by atoms with E-state index in [1.54, 1.807) is 13.8 Å². The zero-order valence-electron chi connectivity index (χ0n) is 14.0. The molecule has 0 aromatic heterocycles. The molecule has 124 valence electrons. The second kappa shape index (κ2) is 11.6. The number of unbranched alkanes of at least 4 members (excludes halogenated alkanes) is 8. The summed E-state index contributed by atoms with van der Waals surface area (Å²) in [7, 11) is 0. The van der Waals surface area contributed by atoms with E-state index in [2.05, 4.69) is 6.92 Å². The number of carboxylic acid groups (broad SMARTS) is 1. The first-order valence-corrected chi connectivity index (χ1v) is 8.29. The first-order valence-electron chi connectivity index (χ1n) is 8.29. The van der Waals surface area contributed by atoms with Gasteiger partial charge in [-0.05, 0) is 20.3 Å². The lowest BCUT2D eigenvalue weighted by Gasteiger charge is -2.18. The van der Waals surface area contributed by atoms with Crippen molar-refractivity contribution in [3.8, 4) is 0 Å². The number of carbonyl (C=O) groups is 2. The van der Waals surface area contributed by atoms with Gasteiger partial charge in [0.1, 0.15) is 6.61 Å². The summed E-state index contributed by atoms with van der Waals surface area (Å²) in [5, 5.41) is 8.91. The number of aliphatic carboxylic acids is 1. The average molecular weight is 300 g/mol. The second-order valence-corrected chi connectivity index (χ2v) is 6.43. The van der Waals surface area contributed by atoms with Gasteiger partial charge in [0, 0.05) is 6.42 Å². The Morgan fingerprint density at radius 3 is 1.86 bits per heavy atom. The topological polar surface area (TPSA) is 63.6 Å². The van der Waals surface area contributed by atoms with E-state index in [4.69, 9.17) is 9.84 Å². The van der Waals surface area contributed by atoms with Gasteiger partial charge >= 0.3 is 11.9 Å². The molecule has 1 N–H and O–H groups in total. The van der Waals surface area contributed by atoms with Crippen molar-refractivity contribution < 1.29 is 19.4 Å². The van der Waals surface area contributed by atoms with Crippen molar-refractivity contribution in [1.29, 1.82) is 0 Å². The van der Waals surface area contributed by atoms with Gasteiger partial charge in [-0.25, -0.2) is 0 Å². The smallest absolute Gasteiger partial charge is 0.312 e. The molecule has 0 amide bonds. The van der Waals surface area contributed by atoms with Crippen LogP contribution in [0.25, 0.3) is 0 Å². The molecule has 0 saturated heterocycles. The minimum Gasteiger partial charge on any atom is -0.481 e. The van der Waals surface area contributed by atoms with Gasteiger partial charge in [-0.15, -0.1) is 0 Å². The largest absolute Gasteiger partial charge is 0.481 e. The molecule has 0 spiro atoms. The van der Waals surface area contributed by atoms with Gasteiger partial charge in [0.2, 0.25) is 0 Å². The molecule has 0 saturated carbocycles. The Morgan fingerprint density at radius 2 is 1.38 bits per heavy atom. The Morgan fingerprint density at radius 1 is 0.905 bits per heavy atom. The van der Waals surface area contributed by atoms with Crippen LogP contribution >= 0.6 is 0 Å². The summed E-state index contributed by atoms with van der Waals surface area (Å²) in [6.45, 7) is 5.28. The predicted molar refractivity (Wildman–Crippen MR) is 84.2 cm³/mol. The summed E-state index contributed by atoms with van der Waals surface area (Å²) < 4.78 is 5.02. The zero-order valence-corrected chi connectivity index (χ0v) is 14.0. The molecule has 0 aliphatic carbocycles. The standard InChI is InChI=1S/C17H32O4/c1-4-5-6-7-8-9-10-11-12-13-15(18)21-14-17(2,3)16(19)20/h4-14H2,1-3H3,(H,19,20). The van der Waals surface area contributed by atoms with Crippen LogP contribution in [0.15, 0.2) is 0 Å². The molecule has 0 rings (SSSR count). The van der Waals surface area contributed by atoms with Gasteiger partial charge in [-0.3, -0.25) is 9.59 Å². The molecule has 0 fully saturated rings.